The summed E-state index contributed by atoms with van der Waals surface area (Å²) in [5.74, 6) is -0.643. The van der Waals surface area contributed by atoms with Gasteiger partial charge in [-0.25, -0.2) is 8.42 Å². The molecule has 2 amide bonds. The van der Waals surface area contributed by atoms with Crippen molar-refractivity contribution in [1.82, 2.24) is 9.62 Å². The van der Waals surface area contributed by atoms with Gasteiger partial charge in [-0.05, 0) is 47.7 Å². The van der Waals surface area contributed by atoms with E-state index in [2.05, 4.69) is 24.5 Å². The molecule has 1 saturated heterocycles. The fourth-order valence-corrected chi connectivity index (χ4v) is 5.12. The third-order valence-corrected chi connectivity index (χ3v) is 7.68. The zero-order valence-electron chi connectivity index (χ0n) is 20.1. The summed E-state index contributed by atoms with van der Waals surface area (Å²) < 4.78 is 32.5. The van der Waals surface area contributed by atoms with E-state index in [1.165, 1.54) is 34.1 Å². The molecule has 9 heteroatoms. The number of ether oxygens (including phenoxy) is 1. The lowest BCUT2D eigenvalue weighted by atomic mass is 10.0. The summed E-state index contributed by atoms with van der Waals surface area (Å²) in [5, 5.41) is 5.62. The van der Waals surface area contributed by atoms with E-state index in [1.54, 1.807) is 0 Å². The molecule has 1 aliphatic heterocycles. The van der Waals surface area contributed by atoms with Crippen LogP contribution < -0.4 is 10.6 Å². The van der Waals surface area contributed by atoms with Crippen LogP contribution in [-0.2, 0) is 19.6 Å². The Labute approximate surface area is 201 Å². The zero-order valence-corrected chi connectivity index (χ0v) is 20.9. The quantitative estimate of drug-likeness (QED) is 0.595. The Morgan fingerprint density at radius 2 is 1.62 bits per heavy atom. The highest BCUT2D eigenvalue weighted by Gasteiger charge is 2.28. The van der Waals surface area contributed by atoms with E-state index in [4.69, 9.17) is 4.74 Å². The monoisotopic (exact) mass is 487 g/mol. The highest BCUT2D eigenvalue weighted by atomic mass is 32.2. The molecule has 0 bridgehead atoms. The van der Waals surface area contributed by atoms with Gasteiger partial charge >= 0.3 is 0 Å². The number of carbonyl (C=O) groups is 2. The van der Waals surface area contributed by atoms with Crippen molar-refractivity contribution < 1.29 is 22.7 Å². The number of amides is 2. The molecule has 0 spiro atoms. The fraction of sp³-hybridized carbons (Fsp3) is 0.440. The second-order valence-corrected chi connectivity index (χ2v) is 10.9. The van der Waals surface area contributed by atoms with Crippen molar-refractivity contribution in [3.8, 4) is 0 Å². The van der Waals surface area contributed by atoms with E-state index in [-0.39, 0.29) is 35.4 Å². The van der Waals surface area contributed by atoms with E-state index >= 15 is 0 Å². The van der Waals surface area contributed by atoms with Crippen molar-refractivity contribution in [2.75, 3.05) is 31.6 Å². The van der Waals surface area contributed by atoms with Crippen LogP contribution in [0.1, 0.15) is 49.5 Å². The third-order valence-electron chi connectivity index (χ3n) is 5.78. The molecule has 2 aromatic carbocycles. The minimum atomic E-state index is -3.74. The lowest BCUT2D eigenvalue weighted by Gasteiger charge is -2.26. The zero-order chi connectivity index (χ0) is 24.9. The van der Waals surface area contributed by atoms with Crippen LogP contribution in [0.3, 0.4) is 0 Å². The number of morpholine rings is 1. The molecule has 2 N–H and O–H groups in total. The number of nitrogens with zero attached hydrogens (tertiary/aromatic N) is 1. The summed E-state index contributed by atoms with van der Waals surface area (Å²) in [6.45, 7) is 9.09. The van der Waals surface area contributed by atoms with Crippen LogP contribution in [-0.4, -0.2) is 56.9 Å². The van der Waals surface area contributed by atoms with E-state index in [0.29, 0.717) is 24.8 Å². The van der Waals surface area contributed by atoms with E-state index in [0.717, 1.165) is 0 Å². The number of anilines is 1. The maximum absolute atomic E-state index is 13.0. The topological polar surface area (TPSA) is 105 Å². The van der Waals surface area contributed by atoms with Gasteiger partial charge in [0.1, 0.15) is 6.04 Å². The van der Waals surface area contributed by atoms with E-state index < -0.39 is 22.0 Å². The summed E-state index contributed by atoms with van der Waals surface area (Å²) in [6.07, 6.45) is 0. The van der Waals surface area contributed by atoms with Gasteiger partial charge in [0.2, 0.25) is 15.9 Å². The molecule has 184 valence electrons. The summed E-state index contributed by atoms with van der Waals surface area (Å²) in [4.78, 5) is 25.9. The lowest BCUT2D eigenvalue weighted by Crippen LogP contribution is -2.47. The second-order valence-electron chi connectivity index (χ2n) is 9.01. The van der Waals surface area contributed by atoms with Crippen molar-refractivity contribution in [3.63, 3.8) is 0 Å². The average Bonchev–Trinajstić information content (AvgIpc) is 2.83. The van der Waals surface area contributed by atoms with Gasteiger partial charge in [0.15, 0.2) is 0 Å². The van der Waals surface area contributed by atoms with Crippen LogP contribution in [0.5, 0.6) is 0 Å². The molecule has 0 unspecified atom stereocenters. The van der Waals surface area contributed by atoms with Gasteiger partial charge in [-0.1, -0.05) is 45.9 Å². The maximum atomic E-state index is 13.0. The summed E-state index contributed by atoms with van der Waals surface area (Å²) in [6, 6.07) is 12.7. The maximum Gasteiger partial charge on any atom is 0.251 e. The number of hydrogen-bond donors (Lipinski definition) is 2. The first-order chi connectivity index (χ1) is 16.1. The normalized spacial score (nSPS) is 15.8. The van der Waals surface area contributed by atoms with Crippen molar-refractivity contribution >= 4 is 27.5 Å². The molecule has 0 radical (unpaired) electrons. The number of hydrogen-bond acceptors (Lipinski definition) is 5. The molecule has 1 heterocycles. The molecule has 1 fully saturated rings. The highest BCUT2D eigenvalue weighted by Crippen LogP contribution is 2.20. The first-order valence-corrected chi connectivity index (χ1v) is 12.9. The number of benzene rings is 2. The first-order valence-electron chi connectivity index (χ1n) is 11.5. The molecular weight excluding hydrogens is 454 g/mol. The molecule has 8 nitrogen and oxygen atoms in total. The van der Waals surface area contributed by atoms with Crippen molar-refractivity contribution in [1.29, 1.82) is 0 Å². The predicted octanol–water partition coefficient (Wildman–Crippen LogP) is 3.22. The van der Waals surface area contributed by atoms with Gasteiger partial charge in [0, 0.05) is 24.3 Å². The summed E-state index contributed by atoms with van der Waals surface area (Å²) >= 11 is 0. The van der Waals surface area contributed by atoms with Crippen LogP contribution in [0.25, 0.3) is 0 Å². The average molecular weight is 488 g/mol. The van der Waals surface area contributed by atoms with Crippen LogP contribution in [0.2, 0.25) is 0 Å². The van der Waals surface area contributed by atoms with Gasteiger partial charge < -0.3 is 15.4 Å². The standard InChI is InChI=1S/C25H33N3O5S/c1-17(2)19-8-10-21(11-9-19)26-25(30)23(18(3)4)27-24(29)20-6-5-7-22(16-20)34(31,32)28-12-14-33-15-13-28/h5-11,16-18,23H,12-15H2,1-4H3,(H,26,30)(H,27,29)/t23-/m0/s1. The fourth-order valence-electron chi connectivity index (χ4n) is 3.66. The Morgan fingerprint density at radius 3 is 2.21 bits per heavy atom. The molecule has 34 heavy (non-hydrogen) atoms. The highest BCUT2D eigenvalue weighted by molar-refractivity contribution is 7.89. The van der Waals surface area contributed by atoms with Crippen molar-refractivity contribution in [3.05, 3.63) is 59.7 Å². The van der Waals surface area contributed by atoms with Gasteiger partial charge in [0.25, 0.3) is 5.91 Å². The second kappa shape index (κ2) is 11.1. The van der Waals surface area contributed by atoms with Crippen molar-refractivity contribution in [2.45, 2.75) is 44.6 Å². The molecular formula is C25H33N3O5S. The van der Waals surface area contributed by atoms with Crippen LogP contribution >= 0.6 is 0 Å². The van der Waals surface area contributed by atoms with Gasteiger partial charge in [-0.3, -0.25) is 9.59 Å². The Morgan fingerprint density at radius 1 is 0.971 bits per heavy atom. The lowest BCUT2D eigenvalue weighted by molar-refractivity contribution is -0.118. The van der Waals surface area contributed by atoms with E-state index in [9.17, 15) is 18.0 Å². The van der Waals surface area contributed by atoms with Crippen molar-refractivity contribution in [2.24, 2.45) is 5.92 Å². The molecule has 2 aromatic rings. The molecule has 1 aliphatic rings. The minimum Gasteiger partial charge on any atom is -0.379 e. The number of rotatable bonds is 8. The molecule has 3 rings (SSSR count). The number of sulfonamides is 1. The Kier molecular flexibility index (Phi) is 8.46. The molecule has 0 aromatic heterocycles. The molecule has 0 saturated carbocycles. The summed E-state index contributed by atoms with van der Waals surface area (Å²) in [7, 11) is -3.74. The van der Waals surface area contributed by atoms with Gasteiger partial charge in [-0.2, -0.15) is 4.31 Å². The Balaban J connectivity index is 1.73. The number of nitrogens with one attached hydrogen (secondary N) is 2. The Bertz CT molecular complexity index is 1110. The van der Waals surface area contributed by atoms with Crippen LogP contribution in [0.4, 0.5) is 5.69 Å². The largest absolute Gasteiger partial charge is 0.379 e. The summed E-state index contributed by atoms with van der Waals surface area (Å²) in [5.41, 5.74) is 1.99. The van der Waals surface area contributed by atoms with Gasteiger partial charge in [-0.15, -0.1) is 0 Å². The SMILES string of the molecule is CC(C)c1ccc(NC(=O)[C@@H](NC(=O)c2cccc(S(=O)(=O)N3CCOCC3)c2)C(C)C)cc1. The Hall–Kier alpha value is -2.75. The van der Waals surface area contributed by atoms with Crippen LogP contribution in [0, 0.1) is 5.92 Å². The molecule has 0 aliphatic carbocycles. The van der Waals surface area contributed by atoms with Crippen LogP contribution in [0.15, 0.2) is 53.4 Å². The third kappa shape index (κ3) is 6.22. The smallest absolute Gasteiger partial charge is 0.251 e. The van der Waals surface area contributed by atoms with Gasteiger partial charge in [0.05, 0.1) is 18.1 Å². The predicted molar refractivity (Wildman–Crippen MR) is 131 cm³/mol. The van der Waals surface area contributed by atoms with E-state index in [1.807, 2.05) is 38.1 Å². The first kappa shape index (κ1) is 25.9. The molecule has 1 atom stereocenters. The number of carbonyl (C=O) groups excluding carboxylic acids is 2. The minimum absolute atomic E-state index is 0.0397.